The van der Waals surface area contributed by atoms with Crippen molar-refractivity contribution in [1.29, 1.82) is 0 Å². The molecule has 0 fully saturated rings. The van der Waals surface area contributed by atoms with Crippen LogP contribution < -0.4 is 5.32 Å². The van der Waals surface area contributed by atoms with Crippen LogP contribution in [0, 0.1) is 6.92 Å². The van der Waals surface area contributed by atoms with Gasteiger partial charge in [0.05, 0.1) is 18.3 Å². The predicted molar refractivity (Wildman–Crippen MR) is 94.4 cm³/mol. The molecular formula is C15H18N4O5S2. The molecule has 11 heteroatoms. The number of thiazole rings is 1. The molecule has 0 aliphatic rings. The maximum atomic E-state index is 12.4. The Morgan fingerprint density at radius 2 is 2.12 bits per heavy atom. The summed E-state index contributed by atoms with van der Waals surface area (Å²) in [7, 11) is -2.53. The molecule has 2 aromatic heterocycles. The fraction of sp³-hybridized carbons (Fsp3) is 0.333. The topological polar surface area (TPSA) is 130 Å². The lowest BCUT2D eigenvalue weighted by molar-refractivity contribution is -0.121. The molecule has 0 aliphatic heterocycles. The summed E-state index contributed by atoms with van der Waals surface area (Å²) in [5.41, 5.74) is 0.370. The summed E-state index contributed by atoms with van der Waals surface area (Å²) in [4.78, 5) is 31.3. The van der Waals surface area contributed by atoms with E-state index in [-0.39, 0.29) is 9.77 Å². The van der Waals surface area contributed by atoms with Gasteiger partial charge in [0, 0.05) is 19.4 Å². The highest BCUT2D eigenvalue weighted by Crippen LogP contribution is 2.23. The van der Waals surface area contributed by atoms with Crippen molar-refractivity contribution in [3.63, 3.8) is 0 Å². The maximum absolute atomic E-state index is 12.4. The first-order chi connectivity index (χ1) is 12.1. The van der Waals surface area contributed by atoms with E-state index in [2.05, 4.69) is 15.3 Å². The van der Waals surface area contributed by atoms with Crippen molar-refractivity contribution in [1.82, 2.24) is 19.6 Å². The second-order valence-electron chi connectivity index (χ2n) is 5.51. The summed E-state index contributed by atoms with van der Waals surface area (Å²) >= 11 is 0.973. The SMILES string of the molecule is Cc1nc(C(C)NC(=O)CN(C)S(=O)(=O)c2cccnc2)sc1C(=O)O. The van der Waals surface area contributed by atoms with Crippen molar-refractivity contribution in [2.75, 3.05) is 13.6 Å². The third kappa shape index (κ3) is 4.42. The Hall–Kier alpha value is -2.37. The lowest BCUT2D eigenvalue weighted by Crippen LogP contribution is -2.39. The Bertz CT molecular complexity index is 911. The molecule has 2 heterocycles. The van der Waals surface area contributed by atoms with Gasteiger partial charge in [0.1, 0.15) is 14.8 Å². The molecule has 0 saturated heterocycles. The van der Waals surface area contributed by atoms with E-state index in [1.807, 2.05) is 0 Å². The van der Waals surface area contributed by atoms with Crippen molar-refractivity contribution in [2.45, 2.75) is 24.8 Å². The number of hydrogen-bond acceptors (Lipinski definition) is 7. The molecule has 0 aliphatic carbocycles. The highest BCUT2D eigenvalue weighted by molar-refractivity contribution is 7.89. The third-order valence-corrected chi connectivity index (χ3v) is 6.58. The van der Waals surface area contributed by atoms with Crippen LogP contribution in [-0.4, -0.2) is 53.3 Å². The second kappa shape index (κ2) is 7.89. The molecule has 0 bridgehead atoms. The van der Waals surface area contributed by atoms with Gasteiger partial charge < -0.3 is 10.4 Å². The molecule has 2 rings (SSSR count). The van der Waals surface area contributed by atoms with E-state index in [4.69, 9.17) is 5.11 Å². The van der Waals surface area contributed by atoms with Crippen LogP contribution in [0.25, 0.3) is 0 Å². The summed E-state index contributed by atoms with van der Waals surface area (Å²) in [6.07, 6.45) is 2.66. The number of carboxylic acids is 1. The number of carbonyl (C=O) groups is 2. The first kappa shape index (κ1) is 19.9. The van der Waals surface area contributed by atoms with E-state index >= 15 is 0 Å². The number of likely N-dealkylation sites (N-methyl/N-ethyl adjacent to an activating group) is 1. The molecule has 0 radical (unpaired) electrons. The van der Waals surface area contributed by atoms with Gasteiger partial charge in [0.2, 0.25) is 15.9 Å². The van der Waals surface area contributed by atoms with E-state index in [1.54, 1.807) is 13.8 Å². The lowest BCUT2D eigenvalue weighted by atomic mass is 10.3. The Morgan fingerprint density at radius 1 is 1.42 bits per heavy atom. The van der Waals surface area contributed by atoms with Gasteiger partial charge in [0.25, 0.3) is 0 Å². The van der Waals surface area contributed by atoms with Crippen molar-refractivity contribution in [2.24, 2.45) is 0 Å². The van der Waals surface area contributed by atoms with Crippen LogP contribution in [-0.2, 0) is 14.8 Å². The number of carboxylic acid groups (broad SMARTS) is 1. The molecule has 0 aromatic carbocycles. The zero-order valence-corrected chi connectivity index (χ0v) is 16.0. The molecule has 0 spiro atoms. The molecule has 9 nitrogen and oxygen atoms in total. The van der Waals surface area contributed by atoms with Gasteiger partial charge in [-0.2, -0.15) is 4.31 Å². The molecular weight excluding hydrogens is 380 g/mol. The number of aromatic carboxylic acids is 1. The predicted octanol–water partition coefficient (Wildman–Crippen LogP) is 1.04. The number of nitrogens with zero attached hydrogens (tertiary/aromatic N) is 3. The fourth-order valence-corrected chi connectivity index (χ4v) is 4.12. The number of aromatic nitrogens is 2. The molecule has 26 heavy (non-hydrogen) atoms. The maximum Gasteiger partial charge on any atom is 0.347 e. The van der Waals surface area contributed by atoms with Crippen molar-refractivity contribution in [3.05, 3.63) is 40.1 Å². The van der Waals surface area contributed by atoms with E-state index in [0.717, 1.165) is 15.6 Å². The minimum absolute atomic E-state index is 0.00926. The number of sulfonamides is 1. The Labute approximate surface area is 154 Å². The third-order valence-electron chi connectivity index (χ3n) is 3.46. The number of pyridine rings is 1. The summed E-state index contributed by atoms with van der Waals surface area (Å²) < 4.78 is 25.7. The first-order valence-electron chi connectivity index (χ1n) is 7.49. The summed E-state index contributed by atoms with van der Waals surface area (Å²) in [5, 5.41) is 12.1. The number of hydrogen-bond donors (Lipinski definition) is 2. The smallest absolute Gasteiger partial charge is 0.347 e. The summed E-state index contributed by atoms with van der Waals surface area (Å²) in [6, 6.07) is 2.34. The Kier molecular flexibility index (Phi) is 6.05. The van der Waals surface area contributed by atoms with Crippen molar-refractivity contribution >= 4 is 33.2 Å². The highest BCUT2D eigenvalue weighted by Gasteiger charge is 2.25. The molecule has 1 amide bonds. The van der Waals surface area contributed by atoms with Gasteiger partial charge in [0.15, 0.2) is 0 Å². The monoisotopic (exact) mass is 398 g/mol. The van der Waals surface area contributed by atoms with E-state index in [0.29, 0.717) is 10.7 Å². The molecule has 0 saturated carbocycles. The zero-order chi connectivity index (χ0) is 19.5. The molecule has 1 unspecified atom stereocenters. The molecule has 2 aromatic rings. The van der Waals surface area contributed by atoms with Crippen LogP contribution in [0.5, 0.6) is 0 Å². The van der Waals surface area contributed by atoms with Crippen molar-refractivity contribution < 1.29 is 23.1 Å². The average Bonchev–Trinajstić information content (AvgIpc) is 2.97. The normalized spacial score (nSPS) is 12.8. The average molecular weight is 398 g/mol. The number of rotatable bonds is 7. The van der Waals surface area contributed by atoms with Gasteiger partial charge in [-0.1, -0.05) is 0 Å². The van der Waals surface area contributed by atoms with Gasteiger partial charge >= 0.3 is 5.97 Å². The largest absolute Gasteiger partial charge is 0.477 e. The minimum atomic E-state index is -3.83. The van der Waals surface area contributed by atoms with E-state index < -0.39 is 34.5 Å². The number of amides is 1. The van der Waals surface area contributed by atoms with Crippen molar-refractivity contribution in [3.8, 4) is 0 Å². The van der Waals surface area contributed by atoms with Crippen LogP contribution in [0.1, 0.15) is 33.3 Å². The number of aryl methyl sites for hydroxylation is 1. The first-order valence-corrected chi connectivity index (χ1v) is 9.75. The summed E-state index contributed by atoms with van der Waals surface area (Å²) in [5.74, 6) is -1.61. The quantitative estimate of drug-likeness (QED) is 0.713. The number of carbonyl (C=O) groups excluding carboxylic acids is 1. The molecule has 2 N–H and O–H groups in total. The van der Waals surface area contributed by atoms with Gasteiger partial charge in [-0.05, 0) is 26.0 Å². The zero-order valence-electron chi connectivity index (χ0n) is 14.3. The van der Waals surface area contributed by atoms with E-state index in [1.165, 1.54) is 31.6 Å². The molecule has 1 atom stereocenters. The Balaban J connectivity index is 2.04. The van der Waals surface area contributed by atoms with Crippen LogP contribution in [0.4, 0.5) is 0 Å². The van der Waals surface area contributed by atoms with Crippen LogP contribution in [0.3, 0.4) is 0 Å². The van der Waals surface area contributed by atoms with Crippen LogP contribution in [0.15, 0.2) is 29.4 Å². The van der Waals surface area contributed by atoms with E-state index in [9.17, 15) is 18.0 Å². The van der Waals surface area contributed by atoms with Gasteiger partial charge in [-0.25, -0.2) is 18.2 Å². The standard InChI is InChI=1S/C15H18N4O5S2/c1-9-13(15(21)22)25-14(18-9)10(2)17-12(20)8-19(3)26(23,24)11-5-4-6-16-7-11/h4-7,10H,8H2,1-3H3,(H,17,20)(H,21,22). The molecule has 140 valence electrons. The van der Waals surface area contributed by atoms with Crippen LogP contribution in [0.2, 0.25) is 0 Å². The highest BCUT2D eigenvalue weighted by atomic mass is 32.2. The van der Waals surface area contributed by atoms with Crippen LogP contribution >= 0.6 is 11.3 Å². The summed E-state index contributed by atoms with van der Waals surface area (Å²) in [6.45, 7) is 2.83. The van der Waals surface area contributed by atoms with Gasteiger partial charge in [-0.3, -0.25) is 9.78 Å². The lowest BCUT2D eigenvalue weighted by Gasteiger charge is -2.18. The second-order valence-corrected chi connectivity index (χ2v) is 8.59. The number of nitrogens with one attached hydrogen (secondary N) is 1. The Morgan fingerprint density at radius 3 is 2.65 bits per heavy atom. The minimum Gasteiger partial charge on any atom is -0.477 e. The van der Waals surface area contributed by atoms with Gasteiger partial charge in [-0.15, -0.1) is 11.3 Å². The fourth-order valence-electron chi connectivity index (χ4n) is 2.12.